The van der Waals surface area contributed by atoms with Gasteiger partial charge in [0.05, 0.1) is 26.3 Å². The molecule has 3 heterocycles. The van der Waals surface area contributed by atoms with E-state index < -0.39 is 0 Å². The molecule has 1 amide bonds. The van der Waals surface area contributed by atoms with Crippen molar-refractivity contribution in [3.63, 3.8) is 0 Å². The molecule has 1 aromatic heterocycles. The van der Waals surface area contributed by atoms with Gasteiger partial charge in [-0.25, -0.2) is 0 Å². The first kappa shape index (κ1) is 25.8. The third-order valence-corrected chi connectivity index (χ3v) is 6.24. The van der Waals surface area contributed by atoms with Crippen LogP contribution in [0.4, 0.5) is 5.82 Å². The van der Waals surface area contributed by atoms with Crippen LogP contribution in [0.25, 0.3) is 0 Å². The van der Waals surface area contributed by atoms with E-state index >= 15 is 0 Å². The number of hydrogen-bond donors (Lipinski definition) is 0. The number of rotatable bonds is 8. The summed E-state index contributed by atoms with van der Waals surface area (Å²) in [4.78, 5) is 16.8. The van der Waals surface area contributed by atoms with Gasteiger partial charge < -0.3 is 9.47 Å². The van der Waals surface area contributed by atoms with E-state index in [0.717, 1.165) is 49.7 Å². The van der Waals surface area contributed by atoms with Crippen molar-refractivity contribution < 1.29 is 14.3 Å². The second kappa shape index (κ2) is 11.6. The summed E-state index contributed by atoms with van der Waals surface area (Å²) >= 11 is 6.28. The molecule has 0 radical (unpaired) electrons. The van der Waals surface area contributed by atoms with Crippen LogP contribution in [0, 0.1) is 18.8 Å². The van der Waals surface area contributed by atoms with Crippen LogP contribution in [0.1, 0.15) is 31.5 Å². The van der Waals surface area contributed by atoms with Crippen molar-refractivity contribution in [2.45, 2.75) is 33.7 Å². The fourth-order valence-corrected chi connectivity index (χ4v) is 4.51. The smallest absolute Gasteiger partial charge is 0.242 e. The van der Waals surface area contributed by atoms with Crippen molar-refractivity contribution in [3.8, 4) is 5.75 Å². The fraction of sp³-hybridized carbons (Fsp3) is 0.583. The Labute approximate surface area is 207 Å². The van der Waals surface area contributed by atoms with Crippen molar-refractivity contribution in [2.75, 3.05) is 50.9 Å². The van der Waals surface area contributed by atoms with Gasteiger partial charge in [-0.3, -0.25) is 19.3 Å². The van der Waals surface area contributed by atoms with Crippen LogP contribution >= 0.6 is 24.0 Å². The Balaban J connectivity index is 0.00000306. The predicted molar refractivity (Wildman–Crippen MR) is 133 cm³/mol. The number of carbonyl (C=O) groups excluding carboxylic acids is 1. The number of benzene rings is 1. The van der Waals surface area contributed by atoms with Crippen LogP contribution in [-0.4, -0.2) is 66.6 Å². The Bertz CT molecular complexity index is 944. The minimum Gasteiger partial charge on any atom is -0.493 e. The van der Waals surface area contributed by atoms with Crippen molar-refractivity contribution >= 4 is 35.7 Å². The Kier molecular flexibility index (Phi) is 9.04. The second-order valence-electron chi connectivity index (χ2n) is 9.27. The zero-order chi connectivity index (χ0) is 22.7. The zero-order valence-corrected chi connectivity index (χ0v) is 21.2. The molecule has 0 spiro atoms. The number of nitrogens with zero attached hydrogens (tertiary/aromatic N) is 4. The predicted octanol–water partition coefficient (Wildman–Crippen LogP) is 4.03. The van der Waals surface area contributed by atoms with Crippen LogP contribution in [0.2, 0.25) is 5.02 Å². The van der Waals surface area contributed by atoms with Crippen molar-refractivity contribution in [1.29, 1.82) is 0 Å². The van der Waals surface area contributed by atoms with Crippen LogP contribution < -0.4 is 9.64 Å². The van der Waals surface area contributed by atoms with Crippen LogP contribution in [0.15, 0.2) is 24.3 Å². The maximum atomic E-state index is 12.8. The number of aromatic nitrogens is 2. The molecule has 33 heavy (non-hydrogen) atoms. The molecule has 4 rings (SSSR count). The number of carbonyl (C=O) groups is 1. The highest BCUT2D eigenvalue weighted by Crippen LogP contribution is 2.27. The molecule has 2 aromatic rings. The van der Waals surface area contributed by atoms with Gasteiger partial charge in [0.25, 0.3) is 0 Å². The lowest BCUT2D eigenvalue weighted by Gasteiger charge is -2.33. The van der Waals surface area contributed by atoms with Crippen molar-refractivity contribution in [2.24, 2.45) is 11.8 Å². The fourth-order valence-electron chi connectivity index (χ4n) is 4.32. The van der Waals surface area contributed by atoms with Gasteiger partial charge in [0.2, 0.25) is 5.91 Å². The van der Waals surface area contributed by atoms with E-state index in [1.807, 2.05) is 35.9 Å². The third-order valence-electron chi connectivity index (χ3n) is 6.01. The molecule has 0 saturated carbocycles. The lowest BCUT2D eigenvalue weighted by molar-refractivity contribution is -0.121. The summed E-state index contributed by atoms with van der Waals surface area (Å²) in [5.41, 5.74) is 1.97. The van der Waals surface area contributed by atoms with Gasteiger partial charge in [0.15, 0.2) is 5.82 Å². The van der Waals surface area contributed by atoms with Crippen LogP contribution in [0.5, 0.6) is 5.75 Å². The molecular formula is C24H34Cl2N4O3. The standard InChI is InChI=1S/C24H33ClN4O3.ClH/c1-17(2)12-27-7-8-28(24(30)14-27)23-10-18(3)29(26-23)13-20-11-21(25)4-5-22(20)32-16-19-6-9-31-15-19;/h4-5,10-11,17,19H,6-9,12-16H2,1-3H3;1H. The van der Waals surface area contributed by atoms with Gasteiger partial charge in [-0.05, 0) is 37.5 Å². The highest BCUT2D eigenvalue weighted by molar-refractivity contribution is 6.30. The highest BCUT2D eigenvalue weighted by atomic mass is 35.5. The highest BCUT2D eigenvalue weighted by Gasteiger charge is 2.27. The number of anilines is 1. The number of aryl methyl sites for hydroxylation is 1. The summed E-state index contributed by atoms with van der Waals surface area (Å²) in [7, 11) is 0. The minimum absolute atomic E-state index is 0. The van der Waals surface area contributed by atoms with Gasteiger partial charge in [0, 0.05) is 54.5 Å². The molecule has 1 unspecified atom stereocenters. The molecule has 2 aliphatic rings. The van der Waals surface area contributed by atoms with Crippen molar-refractivity contribution in [1.82, 2.24) is 14.7 Å². The Morgan fingerprint density at radius 3 is 2.79 bits per heavy atom. The van der Waals surface area contributed by atoms with Gasteiger partial charge >= 0.3 is 0 Å². The molecule has 1 atom stereocenters. The summed E-state index contributed by atoms with van der Waals surface area (Å²) < 4.78 is 13.5. The molecule has 0 bridgehead atoms. The molecule has 9 heteroatoms. The first-order valence-electron chi connectivity index (χ1n) is 11.4. The number of amides is 1. The van der Waals surface area contributed by atoms with Gasteiger partial charge in [0.1, 0.15) is 5.75 Å². The first-order chi connectivity index (χ1) is 15.4. The average Bonchev–Trinajstić information content (AvgIpc) is 3.37. The number of ether oxygens (including phenoxy) is 2. The monoisotopic (exact) mass is 496 g/mol. The van der Waals surface area contributed by atoms with Crippen LogP contribution in [-0.2, 0) is 16.1 Å². The molecular weight excluding hydrogens is 463 g/mol. The van der Waals surface area contributed by atoms with E-state index in [9.17, 15) is 4.79 Å². The SMILES string of the molecule is Cc1cc(N2CCN(CC(C)C)CC2=O)nn1Cc1cc(Cl)ccc1OCC1CCOC1.Cl. The van der Waals surface area contributed by atoms with Gasteiger partial charge in [-0.15, -0.1) is 12.4 Å². The Hall–Kier alpha value is -1.80. The number of halogens is 2. The zero-order valence-electron chi connectivity index (χ0n) is 19.6. The van der Waals surface area contributed by atoms with Crippen LogP contribution in [0.3, 0.4) is 0 Å². The summed E-state index contributed by atoms with van der Waals surface area (Å²) in [5, 5.41) is 5.42. The number of hydrogen-bond acceptors (Lipinski definition) is 5. The number of piperazine rings is 1. The molecule has 2 saturated heterocycles. The molecule has 7 nitrogen and oxygen atoms in total. The molecule has 2 aliphatic heterocycles. The van der Waals surface area contributed by atoms with E-state index in [0.29, 0.717) is 48.9 Å². The van der Waals surface area contributed by atoms with E-state index in [1.165, 1.54) is 0 Å². The quantitative estimate of drug-likeness (QED) is 0.551. The molecule has 2 fully saturated rings. The first-order valence-corrected chi connectivity index (χ1v) is 11.8. The van der Waals surface area contributed by atoms with E-state index in [-0.39, 0.29) is 18.3 Å². The lowest BCUT2D eigenvalue weighted by atomic mass is 10.1. The summed E-state index contributed by atoms with van der Waals surface area (Å²) in [5.74, 6) is 2.61. The van der Waals surface area contributed by atoms with E-state index in [4.69, 9.17) is 26.2 Å². The Morgan fingerprint density at radius 2 is 2.09 bits per heavy atom. The average molecular weight is 497 g/mol. The summed E-state index contributed by atoms with van der Waals surface area (Å²) in [6, 6.07) is 7.68. The largest absolute Gasteiger partial charge is 0.493 e. The lowest BCUT2D eigenvalue weighted by Crippen LogP contribution is -2.51. The summed E-state index contributed by atoms with van der Waals surface area (Å²) in [6.45, 7) is 12.0. The van der Waals surface area contributed by atoms with Crippen molar-refractivity contribution in [3.05, 3.63) is 40.5 Å². The maximum absolute atomic E-state index is 12.8. The van der Waals surface area contributed by atoms with E-state index in [2.05, 4.69) is 18.7 Å². The molecule has 182 valence electrons. The second-order valence-corrected chi connectivity index (χ2v) is 9.71. The molecule has 0 aliphatic carbocycles. The summed E-state index contributed by atoms with van der Waals surface area (Å²) in [6.07, 6.45) is 1.03. The molecule has 1 aromatic carbocycles. The van der Waals surface area contributed by atoms with E-state index in [1.54, 1.807) is 4.90 Å². The van der Waals surface area contributed by atoms with Gasteiger partial charge in [-0.1, -0.05) is 25.4 Å². The third kappa shape index (κ3) is 6.63. The molecule has 0 N–H and O–H groups in total. The normalized spacial score (nSPS) is 19.2. The van der Waals surface area contributed by atoms with Gasteiger partial charge in [-0.2, -0.15) is 5.10 Å². The topological polar surface area (TPSA) is 59.8 Å². The minimum atomic E-state index is 0. The maximum Gasteiger partial charge on any atom is 0.242 e. The Morgan fingerprint density at radius 1 is 1.27 bits per heavy atom.